The number of para-hydroxylation sites is 2. The number of rotatable bonds is 3. The summed E-state index contributed by atoms with van der Waals surface area (Å²) in [7, 11) is 0. The van der Waals surface area contributed by atoms with Crippen LogP contribution in [0.25, 0.3) is 77.4 Å². The Bertz CT molecular complexity index is 2720. The first-order valence-electron chi connectivity index (χ1n) is 17.1. The van der Waals surface area contributed by atoms with E-state index >= 15 is 0 Å². The Balaban J connectivity index is 1.33. The minimum Gasteiger partial charge on any atom is -0.278 e. The van der Waals surface area contributed by atoms with Crippen molar-refractivity contribution in [3.8, 4) is 28.3 Å². The van der Waals surface area contributed by atoms with Crippen molar-refractivity contribution in [3.63, 3.8) is 0 Å². The predicted molar refractivity (Wildman–Crippen MR) is 205 cm³/mol. The summed E-state index contributed by atoms with van der Waals surface area (Å²) in [6, 6.07) is 45.4. The van der Waals surface area contributed by atoms with E-state index in [2.05, 4.69) is 176 Å². The van der Waals surface area contributed by atoms with Crippen molar-refractivity contribution in [3.05, 3.63) is 169 Å². The molecule has 0 saturated carbocycles. The monoisotopic (exact) mass is 627 g/mol. The van der Waals surface area contributed by atoms with Crippen molar-refractivity contribution in [1.29, 1.82) is 0 Å². The Labute approximate surface area is 285 Å². The van der Waals surface area contributed by atoms with E-state index in [1.54, 1.807) is 0 Å². The highest BCUT2D eigenvalue weighted by Crippen LogP contribution is 2.53. The van der Waals surface area contributed by atoms with E-state index in [1.165, 1.54) is 54.9 Å². The molecule has 1 atom stereocenters. The van der Waals surface area contributed by atoms with Crippen LogP contribution in [0.5, 0.6) is 0 Å². The van der Waals surface area contributed by atoms with Gasteiger partial charge in [-0.1, -0.05) is 159 Å². The molecule has 8 aromatic rings. The molecule has 0 fully saturated rings. The maximum Gasteiger partial charge on any atom is 0.235 e. The average molecular weight is 628 g/mol. The molecule has 3 nitrogen and oxygen atoms in total. The molecule has 0 N–H and O–H groups in total. The maximum absolute atomic E-state index is 5.49. The van der Waals surface area contributed by atoms with Gasteiger partial charge in [-0.15, -0.1) is 0 Å². The lowest BCUT2D eigenvalue weighted by Crippen LogP contribution is -2.31. The molecule has 0 spiro atoms. The molecule has 10 rings (SSSR count). The van der Waals surface area contributed by atoms with Crippen LogP contribution in [0.2, 0.25) is 0 Å². The summed E-state index contributed by atoms with van der Waals surface area (Å²) in [5.74, 6) is 0.936. The second-order valence-electron chi connectivity index (χ2n) is 13.8. The molecule has 0 aliphatic heterocycles. The van der Waals surface area contributed by atoms with Gasteiger partial charge in [0.2, 0.25) is 5.95 Å². The third-order valence-corrected chi connectivity index (χ3v) is 10.7. The Hall–Kier alpha value is -6.06. The first-order chi connectivity index (χ1) is 24.1. The number of nitrogens with zero attached hydrogens (tertiary/aromatic N) is 3. The van der Waals surface area contributed by atoms with Gasteiger partial charge in [-0.05, 0) is 50.7 Å². The van der Waals surface area contributed by atoms with Gasteiger partial charge in [-0.3, -0.25) is 4.57 Å². The molecule has 0 amide bonds. The van der Waals surface area contributed by atoms with Crippen LogP contribution in [0.15, 0.2) is 158 Å². The second-order valence-corrected chi connectivity index (χ2v) is 13.8. The van der Waals surface area contributed by atoms with Crippen LogP contribution >= 0.6 is 0 Å². The quantitative estimate of drug-likeness (QED) is 0.195. The van der Waals surface area contributed by atoms with E-state index < -0.39 is 0 Å². The molecule has 1 unspecified atom stereocenters. The molecular weight excluding hydrogens is 595 g/mol. The largest absolute Gasteiger partial charge is 0.278 e. The summed E-state index contributed by atoms with van der Waals surface area (Å²) in [5.41, 5.74) is 11.4. The first kappa shape index (κ1) is 28.0. The molecule has 6 aromatic carbocycles. The highest BCUT2D eigenvalue weighted by Gasteiger charge is 2.40. The maximum atomic E-state index is 5.49. The number of allylic oxidation sites excluding steroid dienone is 6. The van der Waals surface area contributed by atoms with E-state index in [0.29, 0.717) is 5.95 Å². The van der Waals surface area contributed by atoms with E-state index in [1.807, 2.05) is 0 Å². The average Bonchev–Trinajstić information content (AvgIpc) is 3.31. The standard InChI is InChI=1S/C46H33N3/c1-46(2)33-17-7-6-16-32(28-33)40-34-18-8-9-19-35(34)41-37-21-11-13-23-39(37)49(44(41)42(40)46)45-47-38-22-12-10-20-36(38)43(48-45)31-26-24-30(25-27-31)29-14-4-3-5-15-29/h3-28,33H,1-2H3. The number of fused-ring (bicyclic) bond motifs is 11. The van der Waals surface area contributed by atoms with E-state index in [9.17, 15) is 0 Å². The molecule has 2 heterocycles. The van der Waals surface area contributed by atoms with Crippen molar-refractivity contribution >= 4 is 49.1 Å². The zero-order valence-corrected chi connectivity index (χ0v) is 27.4. The van der Waals surface area contributed by atoms with Crippen LogP contribution < -0.4 is 0 Å². The van der Waals surface area contributed by atoms with Gasteiger partial charge in [-0.25, -0.2) is 9.97 Å². The van der Waals surface area contributed by atoms with Crippen molar-refractivity contribution in [2.75, 3.05) is 0 Å². The molecule has 0 saturated heterocycles. The van der Waals surface area contributed by atoms with Gasteiger partial charge in [0.1, 0.15) is 0 Å². The van der Waals surface area contributed by atoms with Crippen molar-refractivity contribution in [2.24, 2.45) is 5.92 Å². The third-order valence-electron chi connectivity index (χ3n) is 10.7. The lowest BCUT2D eigenvalue weighted by molar-refractivity contribution is 0.443. The zero-order valence-electron chi connectivity index (χ0n) is 27.4. The lowest BCUT2D eigenvalue weighted by Gasteiger charge is -2.38. The highest BCUT2D eigenvalue weighted by atomic mass is 15.2. The summed E-state index contributed by atoms with van der Waals surface area (Å²) in [6.07, 6.45) is 11.5. The minimum atomic E-state index is -0.192. The number of hydrogen-bond acceptors (Lipinski definition) is 2. The van der Waals surface area contributed by atoms with Gasteiger partial charge < -0.3 is 0 Å². The summed E-state index contributed by atoms with van der Waals surface area (Å²) in [6.45, 7) is 4.80. The fourth-order valence-corrected chi connectivity index (χ4v) is 8.32. The van der Waals surface area contributed by atoms with Crippen LogP contribution in [0.1, 0.15) is 25.0 Å². The minimum absolute atomic E-state index is 0.192. The molecule has 2 bridgehead atoms. The fourth-order valence-electron chi connectivity index (χ4n) is 8.32. The highest BCUT2D eigenvalue weighted by molar-refractivity contribution is 6.25. The Morgan fingerprint density at radius 2 is 1.24 bits per heavy atom. The molecule has 232 valence electrons. The fraction of sp³-hybridized carbons (Fsp3) is 0.0870. The van der Waals surface area contributed by atoms with E-state index in [-0.39, 0.29) is 11.3 Å². The zero-order chi connectivity index (χ0) is 32.7. The smallest absolute Gasteiger partial charge is 0.235 e. The lowest BCUT2D eigenvalue weighted by atomic mass is 9.65. The Kier molecular flexibility index (Phi) is 5.98. The summed E-state index contributed by atoms with van der Waals surface area (Å²) >= 11 is 0. The second kappa shape index (κ2) is 10.5. The van der Waals surface area contributed by atoms with Gasteiger partial charge in [-0.2, -0.15) is 0 Å². The van der Waals surface area contributed by atoms with Crippen molar-refractivity contribution < 1.29 is 0 Å². The number of aromatic nitrogens is 3. The predicted octanol–water partition coefficient (Wildman–Crippen LogP) is 11.6. The van der Waals surface area contributed by atoms with Crippen LogP contribution in [0, 0.1) is 5.92 Å². The summed E-state index contributed by atoms with van der Waals surface area (Å²) < 4.78 is 2.36. The van der Waals surface area contributed by atoms with Gasteiger partial charge in [0.25, 0.3) is 0 Å². The van der Waals surface area contributed by atoms with Crippen LogP contribution in [-0.4, -0.2) is 14.5 Å². The Morgan fingerprint density at radius 3 is 2.06 bits per heavy atom. The third kappa shape index (κ3) is 4.09. The number of hydrogen-bond donors (Lipinski definition) is 0. The first-order valence-corrected chi connectivity index (χ1v) is 17.1. The topological polar surface area (TPSA) is 30.7 Å². The summed E-state index contributed by atoms with van der Waals surface area (Å²) in [4.78, 5) is 10.8. The van der Waals surface area contributed by atoms with Crippen LogP contribution in [-0.2, 0) is 5.41 Å². The van der Waals surface area contributed by atoms with Gasteiger partial charge in [0.05, 0.1) is 22.2 Å². The molecular formula is C46H33N3. The normalized spacial score (nSPS) is 16.3. The summed E-state index contributed by atoms with van der Waals surface area (Å²) in [5, 5.41) is 6.06. The van der Waals surface area contributed by atoms with Gasteiger partial charge >= 0.3 is 0 Å². The Morgan fingerprint density at radius 1 is 0.592 bits per heavy atom. The van der Waals surface area contributed by atoms with Crippen molar-refractivity contribution in [2.45, 2.75) is 19.3 Å². The molecule has 0 radical (unpaired) electrons. The van der Waals surface area contributed by atoms with Crippen LogP contribution in [0.4, 0.5) is 0 Å². The molecule has 49 heavy (non-hydrogen) atoms. The van der Waals surface area contributed by atoms with E-state index in [4.69, 9.17) is 9.97 Å². The number of benzene rings is 6. The molecule has 3 heteroatoms. The van der Waals surface area contributed by atoms with Gasteiger partial charge in [0.15, 0.2) is 0 Å². The molecule has 2 aromatic heterocycles. The van der Waals surface area contributed by atoms with E-state index in [0.717, 1.165) is 27.7 Å². The molecule has 2 aliphatic rings. The van der Waals surface area contributed by atoms with Gasteiger partial charge in [0, 0.05) is 33.1 Å². The molecule has 2 aliphatic carbocycles. The van der Waals surface area contributed by atoms with Crippen molar-refractivity contribution in [1.82, 2.24) is 14.5 Å². The van der Waals surface area contributed by atoms with Crippen LogP contribution in [0.3, 0.4) is 0 Å². The SMILES string of the molecule is CC1(C)c2c(c3ccccc3c3c4ccccc4n(-c4nc(-c5ccc(-c6ccccc6)cc5)c5ccccc5n4)c23)C2=CC1C=CC=C2.